The van der Waals surface area contributed by atoms with Gasteiger partial charge in [0.15, 0.2) is 0 Å². The fourth-order valence-corrected chi connectivity index (χ4v) is 3.52. The molecule has 1 aromatic carbocycles. The van der Waals surface area contributed by atoms with Gasteiger partial charge in [-0.2, -0.15) is 5.10 Å². The highest BCUT2D eigenvalue weighted by atomic mass is 16.5. The molecule has 0 fully saturated rings. The maximum Gasteiger partial charge on any atom is 0.233 e. The standard InChI is InChI=1S/C25H29N5O2/c1-16-11-21(20-14-26-30(15-20)10-9-25(3,4)32-6)24(27-17(16)2)19-8-7-18-13-23(31-5)29-28-22(18)12-19/h7-8,11-15H,9-10H2,1-6H3. The molecular formula is C25H29N5O2. The molecule has 0 aliphatic rings. The zero-order valence-corrected chi connectivity index (χ0v) is 19.5. The third-order valence-corrected chi connectivity index (χ3v) is 5.95. The molecule has 3 aromatic heterocycles. The van der Waals surface area contributed by atoms with E-state index in [1.54, 1.807) is 14.2 Å². The lowest BCUT2D eigenvalue weighted by Crippen LogP contribution is -2.24. The Hall–Kier alpha value is -3.32. The number of benzene rings is 1. The van der Waals surface area contributed by atoms with E-state index >= 15 is 0 Å². The summed E-state index contributed by atoms with van der Waals surface area (Å²) in [5, 5.41) is 14.0. The summed E-state index contributed by atoms with van der Waals surface area (Å²) in [4.78, 5) is 4.94. The van der Waals surface area contributed by atoms with Gasteiger partial charge in [-0.15, -0.1) is 10.2 Å². The van der Waals surface area contributed by atoms with Gasteiger partial charge in [0.1, 0.15) is 0 Å². The Bertz CT molecular complexity index is 1260. The smallest absolute Gasteiger partial charge is 0.233 e. The fourth-order valence-electron chi connectivity index (χ4n) is 3.52. The lowest BCUT2D eigenvalue weighted by Gasteiger charge is -2.22. The zero-order valence-electron chi connectivity index (χ0n) is 19.5. The van der Waals surface area contributed by atoms with E-state index in [1.165, 1.54) is 0 Å². The first-order chi connectivity index (χ1) is 15.3. The van der Waals surface area contributed by atoms with Gasteiger partial charge in [-0.25, -0.2) is 0 Å². The van der Waals surface area contributed by atoms with Crippen LogP contribution >= 0.6 is 0 Å². The van der Waals surface area contributed by atoms with E-state index in [4.69, 9.17) is 14.5 Å². The summed E-state index contributed by atoms with van der Waals surface area (Å²) in [5.74, 6) is 0.499. The number of nitrogens with zero attached hydrogens (tertiary/aromatic N) is 5. The molecule has 0 radical (unpaired) electrons. The second-order valence-electron chi connectivity index (χ2n) is 8.65. The third-order valence-electron chi connectivity index (χ3n) is 5.95. The van der Waals surface area contributed by atoms with Crippen LogP contribution in [0.3, 0.4) is 0 Å². The summed E-state index contributed by atoms with van der Waals surface area (Å²) >= 11 is 0. The Labute approximate surface area is 188 Å². The van der Waals surface area contributed by atoms with Gasteiger partial charge in [0.2, 0.25) is 5.88 Å². The van der Waals surface area contributed by atoms with E-state index in [1.807, 2.05) is 36.0 Å². The normalized spacial score (nSPS) is 11.8. The van der Waals surface area contributed by atoms with Crippen molar-refractivity contribution in [2.45, 2.75) is 46.3 Å². The molecule has 0 amide bonds. The van der Waals surface area contributed by atoms with Crippen molar-refractivity contribution in [1.82, 2.24) is 25.0 Å². The molecule has 0 unspecified atom stereocenters. The Balaban J connectivity index is 1.74. The van der Waals surface area contributed by atoms with Crippen LogP contribution in [0.1, 0.15) is 31.5 Å². The van der Waals surface area contributed by atoms with Gasteiger partial charge in [-0.1, -0.05) is 12.1 Å². The minimum Gasteiger partial charge on any atom is -0.480 e. The van der Waals surface area contributed by atoms with Gasteiger partial charge in [-0.3, -0.25) is 9.67 Å². The summed E-state index contributed by atoms with van der Waals surface area (Å²) in [6.07, 6.45) is 4.85. The van der Waals surface area contributed by atoms with E-state index in [0.29, 0.717) is 5.88 Å². The van der Waals surface area contributed by atoms with Crippen LogP contribution in [-0.4, -0.2) is 44.8 Å². The summed E-state index contributed by atoms with van der Waals surface area (Å²) in [7, 11) is 3.33. The van der Waals surface area contributed by atoms with Crippen molar-refractivity contribution in [3.8, 4) is 28.3 Å². The van der Waals surface area contributed by atoms with Gasteiger partial charge in [-0.05, 0) is 51.8 Å². The van der Waals surface area contributed by atoms with Crippen LogP contribution in [0.4, 0.5) is 0 Å². The highest BCUT2D eigenvalue weighted by Gasteiger charge is 2.18. The molecule has 166 valence electrons. The van der Waals surface area contributed by atoms with Crippen LogP contribution in [0.25, 0.3) is 33.3 Å². The van der Waals surface area contributed by atoms with Gasteiger partial charge in [0, 0.05) is 53.7 Å². The third kappa shape index (κ3) is 4.48. The van der Waals surface area contributed by atoms with Crippen molar-refractivity contribution in [1.29, 1.82) is 0 Å². The molecule has 7 heteroatoms. The van der Waals surface area contributed by atoms with Crippen molar-refractivity contribution in [2.75, 3.05) is 14.2 Å². The summed E-state index contributed by atoms with van der Waals surface area (Å²) in [6.45, 7) is 9.06. The summed E-state index contributed by atoms with van der Waals surface area (Å²) < 4.78 is 12.7. The Morgan fingerprint density at radius 1 is 1.00 bits per heavy atom. The van der Waals surface area contributed by atoms with Crippen molar-refractivity contribution >= 4 is 10.9 Å². The molecule has 3 heterocycles. The Kier molecular flexibility index (Phi) is 5.93. The number of fused-ring (bicyclic) bond motifs is 1. The Morgan fingerprint density at radius 2 is 1.81 bits per heavy atom. The Morgan fingerprint density at radius 3 is 2.56 bits per heavy atom. The molecule has 0 saturated carbocycles. The topological polar surface area (TPSA) is 75.0 Å². The zero-order chi connectivity index (χ0) is 22.9. The van der Waals surface area contributed by atoms with E-state index in [2.05, 4.69) is 54.4 Å². The van der Waals surface area contributed by atoms with Crippen LogP contribution < -0.4 is 4.74 Å². The first-order valence-electron chi connectivity index (χ1n) is 10.7. The number of hydrogen-bond donors (Lipinski definition) is 0. The first-order valence-corrected chi connectivity index (χ1v) is 10.7. The van der Waals surface area contributed by atoms with Crippen LogP contribution in [0.15, 0.2) is 42.7 Å². The molecule has 0 bridgehead atoms. The van der Waals surface area contributed by atoms with Gasteiger partial charge < -0.3 is 9.47 Å². The molecular weight excluding hydrogens is 402 g/mol. The minimum absolute atomic E-state index is 0.186. The van der Waals surface area contributed by atoms with Crippen LogP contribution in [0, 0.1) is 13.8 Å². The quantitative estimate of drug-likeness (QED) is 0.410. The van der Waals surface area contributed by atoms with E-state index < -0.39 is 0 Å². The van der Waals surface area contributed by atoms with Crippen LogP contribution in [-0.2, 0) is 11.3 Å². The molecule has 0 spiro atoms. The summed E-state index contributed by atoms with van der Waals surface area (Å²) in [5.41, 5.74) is 6.73. The fraction of sp³-hybridized carbons (Fsp3) is 0.360. The molecule has 0 aliphatic carbocycles. The monoisotopic (exact) mass is 431 g/mol. The van der Waals surface area contributed by atoms with Crippen molar-refractivity contribution in [3.05, 3.63) is 54.0 Å². The molecule has 4 rings (SSSR count). The van der Waals surface area contributed by atoms with Gasteiger partial charge in [0.25, 0.3) is 0 Å². The average molecular weight is 432 g/mol. The molecule has 0 aliphatic heterocycles. The van der Waals surface area contributed by atoms with Gasteiger partial charge in [0.05, 0.1) is 30.1 Å². The largest absolute Gasteiger partial charge is 0.480 e. The molecule has 7 nitrogen and oxygen atoms in total. The molecule has 0 N–H and O–H groups in total. The van der Waals surface area contributed by atoms with E-state index in [-0.39, 0.29) is 5.60 Å². The van der Waals surface area contributed by atoms with Crippen molar-refractivity contribution in [3.63, 3.8) is 0 Å². The highest BCUT2D eigenvalue weighted by Crippen LogP contribution is 2.33. The van der Waals surface area contributed by atoms with E-state index in [9.17, 15) is 0 Å². The number of ether oxygens (including phenoxy) is 2. The van der Waals surface area contributed by atoms with Crippen LogP contribution in [0.2, 0.25) is 0 Å². The highest BCUT2D eigenvalue weighted by molar-refractivity contribution is 5.88. The number of hydrogen-bond acceptors (Lipinski definition) is 6. The molecule has 32 heavy (non-hydrogen) atoms. The minimum atomic E-state index is -0.186. The van der Waals surface area contributed by atoms with Crippen molar-refractivity contribution in [2.24, 2.45) is 0 Å². The molecule has 0 atom stereocenters. The first kappa shape index (κ1) is 21.9. The predicted octanol–water partition coefficient (Wildman–Crippen LogP) is 5.00. The second-order valence-corrected chi connectivity index (χ2v) is 8.65. The van der Waals surface area contributed by atoms with Crippen molar-refractivity contribution < 1.29 is 9.47 Å². The number of aromatic nitrogens is 5. The molecule has 4 aromatic rings. The SMILES string of the molecule is COc1cc2ccc(-c3nc(C)c(C)cc3-c3cnn(CCC(C)(C)OC)c3)cc2nn1. The number of rotatable bonds is 7. The lowest BCUT2D eigenvalue weighted by molar-refractivity contribution is 0.0113. The number of pyridine rings is 1. The van der Waals surface area contributed by atoms with E-state index in [0.717, 1.165) is 57.5 Å². The second kappa shape index (κ2) is 8.67. The lowest BCUT2D eigenvalue weighted by atomic mass is 9.98. The average Bonchev–Trinajstić information content (AvgIpc) is 3.27. The van der Waals surface area contributed by atoms with Crippen LogP contribution in [0.5, 0.6) is 5.88 Å². The number of aryl methyl sites for hydroxylation is 3. The van der Waals surface area contributed by atoms with Gasteiger partial charge >= 0.3 is 0 Å². The predicted molar refractivity (Wildman–Crippen MR) is 126 cm³/mol. The number of methoxy groups -OCH3 is 2. The maximum absolute atomic E-state index is 5.54. The molecule has 0 saturated heterocycles. The summed E-state index contributed by atoms with van der Waals surface area (Å²) in [6, 6.07) is 10.2. The maximum atomic E-state index is 5.54.